The number of hydrogen-bond donors (Lipinski definition) is 1. The van der Waals surface area contributed by atoms with Gasteiger partial charge >= 0.3 is 6.18 Å². The van der Waals surface area contributed by atoms with Crippen molar-refractivity contribution in [2.75, 3.05) is 13.1 Å². The Bertz CT molecular complexity index is 1140. The molecule has 7 nitrogen and oxygen atoms in total. The molecule has 1 aliphatic rings. The van der Waals surface area contributed by atoms with Crippen molar-refractivity contribution >= 4 is 16.9 Å². The van der Waals surface area contributed by atoms with Gasteiger partial charge in [-0.2, -0.15) is 13.2 Å². The van der Waals surface area contributed by atoms with Crippen molar-refractivity contribution in [2.45, 2.75) is 51.2 Å². The molecule has 0 aromatic carbocycles. The van der Waals surface area contributed by atoms with E-state index >= 15 is 0 Å². The number of carbonyl (C=O) groups is 1. The van der Waals surface area contributed by atoms with Gasteiger partial charge in [-0.05, 0) is 55.9 Å². The number of fused-ring (bicyclic) bond motifs is 1. The number of nitrogens with one attached hydrogen (secondary N) is 1. The lowest BCUT2D eigenvalue weighted by molar-refractivity contribution is -0.141. The monoisotopic (exact) mass is 436 g/mol. The van der Waals surface area contributed by atoms with Gasteiger partial charge in [0.15, 0.2) is 11.4 Å². The van der Waals surface area contributed by atoms with Crippen LogP contribution in [0.15, 0.2) is 33.7 Å². The highest BCUT2D eigenvalue weighted by molar-refractivity contribution is 5.91. The van der Waals surface area contributed by atoms with Crippen molar-refractivity contribution in [2.24, 2.45) is 0 Å². The number of rotatable bonds is 4. The van der Waals surface area contributed by atoms with E-state index in [1.165, 1.54) is 10.9 Å². The molecule has 1 N–H and O–H groups in total. The Hall–Kier alpha value is -3.04. The molecule has 0 aliphatic carbocycles. The molecule has 0 spiro atoms. The van der Waals surface area contributed by atoms with E-state index in [0.29, 0.717) is 37.9 Å². The van der Waals surface area contributed by atoms with E-state index in [1.54, 1.807) is 17.0 Å². The molecular weight excluding hydrogens is 413 g/mol. The number of likely N-dealkylation sites (tertiary alicyclic amines) is 1. The number of aromatic amines is 1. The third-order valence-electron chi connectivity index (χ3n) is 5.98. The minimum absolute atomic E-state index is 0.0262. The maximum absolute atomic E-state index is 13.6. The number of hydrogen-bond acceptors (Lipinski definition) is 4. The van der Waals surface area contributed by atoms with Crippen LogP contribution in [0.3, 0.4) is 0 Å². The normalized spacial score (nSPS) is 16.7. The predicted octanol–water partition coefficient (Wildman–Crippen LogP) is 4.33. The number of piperidine rings is 1. The maximum Gasteiger partial charge on any atom is 0.433 e. The van der Waals surface area contributed by atoms with Crippen LogP contribution in [0.2, 0.25) is 0 Å². The highest BCUT2D eigenvalue weighted by Crippen LogP contribution is 2.37. The lowest BCUT2D eigenvalue weighted by Gasteiger charge is -2.32. The van der Waals surface area contributed by atoms with Crippen molar-refractivity contribution < 1.29 is 22.4 Å². The van der Waals surface area contributed by atoms with Crippen LogP contribution in [0.4, 0.5) is 13.2 Å². The topological polar surface area (TPSA) is 84.1 Å². The van der Waals surface area contributed by atoms with Crippen molar-refractivity contribution in [3.8, 4) is 0 Å². The summed E-state index contributed by atoms with van der Waals surface area (Å²) in [7, 11) is 0. The Kier molecular flexibility index (Phi) is 5.40. The second-order valence-corrected chi connectivity index (χ2v) is 7.91. The molecule has 0 bridgehead atoms. The van der Waals surface area contributed by atoms with Gasteiger partial charge in [-0.1, -0.05) is 6.92 Å². The first-order valence-corrected chi connectivity index (χ1v) is 10.3. The quantitative estimate of drug-likeness (QED) is 0.660. The lowest BCUT2D eigenvalue weighted by atomic mass is 9.87. The van der Waals surface area contributed by atoms with Gasteiger partial charge in [0.2, 0.25) is 0 Å². The first-order valence-electron chi connectivity index (χ1n) is 10.3. The average Bonchev–Trinajstić information content (AvgIpc) is 3.40. The number of nitrogens with zero attached hydrogens (tertiary/aromatic N) is 3. The second-order valence-electron chi connectivity index (χ2n) is 7.91. The van der Waals surface area contributed by atoms with Gasteiger partial charge < -0.3 is 9.32 Å². The molecule has 166 valence electrons. The Morgan fingerprint density at radius 2 is 2.06 bits per heavy atom. The highest BCUT2D eigenvalue weighted by Gasteiger charge is 2.36. The third kappa shape index (κ3) is 3.86. The molecule has 1 saturated heterocycles. The summed E-state index contributed by atoms with van der Waals surface area (Å²) in [6.45, 7) is 4.42. The van der Waals surface area contributed by atoms with Crippen LogP contribution in [0.5, 0.6) is 0 Å². The van der Waals surface area contributed by atoms with Gasteiger partial charge in [0.05, 0.1) is 11.6 Å². The fourth-order valence-electron chi connectivity index (χ4n) is 4.09. The SMILES string of the molecule is CC[C@H](C)n1[nH]c(=O)c2c(C3CCN(C(=O)c4ccco4)CC3)cc(C(F)(F)F)nc21. The number of furan rings is 1. The highest BCUT2D eigenvalue weighted by atomic mass is 19.4. The Balaban J connectivity index is 1.71. The first kappa shape index (κ1) is 21.2. The summed E-state index contributed by atoms with van der Waals surface area (Å²) in [6, 6.07) is 3.99. The molecule has 3 aromatic rings. The summed E-state index contributed by atoms with van der Waals surface area (Å²) in [5.41, 5.74) is -1.09. The van der Waals surface area contributed by atoms with Crippen molar-refractivity contribution in [1.82, 2.24) is 19.7 Å². The number of aromatic nitrogens is 3. The molecule has 10 heteroatoms. The maximum atomic E-state index is 13.6. The zero-order valence-electron chi connectivity index (χ0n) is 17.2. The minimum atomic E-state index is -4.63. The fraction of sp³-hybridized carbons (Fsp3) is 0.476. The van der Waals surface area contributed by atoms with Gasteiger partial charge in [-0.15, -0.1) is 0 Å². The summed E-state index contributed by atoms with van der Waals surface area (Å²) in [6.07, 6.45) is -1.71. The van der Waals surface area contributed by atoms with E-state index in [2.05, 4.69) is 10.1 Å². The number of H-pyrrole nitrogens is 1. The summed E-state index contributed by atoms with van der Waals surface area (Å²) in [5.74, 6) is -0.313. The molecule has 0 unspecified atom stereocenters. The number of amides is 1. The molecule has 0 radical (unpaired) electrons. The third-order valence-corrected chi connectivity index (χ3v) is 5.98. The van der Waals surface area contributed by atoms with Crippen molar-refractivity contribution in [3.63, 3.8) is 0 Å². The smallest absolute Gasteiger partial charge is 0.433 e. The Morgan fingerprint density at radius 3 is 2.65 bits per heavy atom. The summed E-state index contributed by atoms with van der Waals surface area (Å²) in [5, 5.41) is 2.86. The van der Waals surface area contributed by atoms with E-state index in [-0.39, 0.29) is 34.7 Å². The standard InChI is InChI=1S/C21H23F3N4O3/c1-3-12(2)28-18-17(19(29)26-28)14(11-16(25-18)21(22,23)24)13-6-8-27(9-7-13)20(30)15-5-4-10-31-15/h4-5,10-13H,3,6-9H2,1-2H3,(H,26,29)/t12-/m0/s1. The number of alkyl halides is 3. The Labute approximate surface area is 175 Å². The fourth-order valence-corrected chi connectivity index (χ4v) is 4.09. The molecule has 4 heterocycles. The largest absolute Gasteiger partial charge is 0.459 e. The molecule has 0 saturated carbocycles. The van der Waals surface area contributed by atoms with Crippen LogP contribution in [-0.4, -0.2) is 38.7 Å². The lowest BCUT2D eigenvalue weighted by Crippen LogP contribution is -2.38. The van der Waals surface area contributed by atoms with E-state index in [9.17, 15) is 22.8 Å². The van der Waals surface area contributed by atoms with Crippen LogP contribution in [0, 0.1) is 0 Å². The van der Waals surface area contributed by atoms with Crippen LogP contribution in [0.25, 0.3) is 11.0 Å². The van der Waals surface area contributed by atoms with Gasteiger partial charge in [-0.3, -0.25) is 19.4 Å². The second kappa shape index (κ2) is 7.90. The van der Waals surface area contributed by atoms with E-state index in [1.807, 2.05) is 13.8 Å². The summed E-state index contributed by atoms with van der Waals surface area (Å²) in [4.78, 5) is 30.6. The summed E-state index contributed by atoms with van der Waals surface area (Å²) < 4.78 is 47.3. The van der Waals surface area contributed by atoms with Gasteiger partial charge in [0.1, 0.15) is 5.69 Å². The number of carbonyl (C=O) groups excluding carboxylic acids is 1. The van der Waals surface area contributed by atoms with Crippen molar-refractivity contribution in [1.29, 1.82) is 0 Å². The van der Waals surface area contributed by atoms with Gasteiger partial charge in [0.25, 0.3) is 11.5 Å². The molecule has 1 atom stereocenters. The van der Waals surface area contributed by atoms with Crippen LogP contribution in [-0.2, 0) is 6.18 Å². The minimum Gasteiger partial charge on any atom is -0.459 e. The molecule has 1 amide bonds. The first-order chi connectivity index (χ1) is 14.7. The number of pyridine rings is 1. The molecule has 1 aliphatic heterocycles. The zero-order valence-corrected chi connectivity index (χ0v) is 17.2. The molecule has 4 rings (SSSR count). The molecule has 1 fully saturated rings. The summed E-state index contributed by atoms with van der Waals surface area (Å²) >= 11 is 0. The van der Waals surface area contributed by atoms with Gasteiger partial charge in [-0.25, -0.2) is 4.98 Å². The van der Waals surface area contributed by atoms with Gasteiger partial charge in [0, 0.05) is 19.1 Å². The van der Waals surface area contributed by atoms with Crippen molar-refractivity contribution in [3.05, 3.63) is 51.8 Å². The molecule has 31 heavy (non-hydrogen) atoms. The average molecular weight is 436 g/mol. The van der Waals surface area contributed by atoms with Crippen LogP contribution >= 0.6 is 0 Å². The number of halogens is 3. The molecule has 3 aromatic heterocycles. The predicted molar refractivity (Wildman–Crippen MR) is 107 cm³/mol. The van der Waals surface area contributed by atoms with E-state index in [0.717, 1.165) is 6.07 Å². The van der Waals surface area contributed by atoms with E-state index in [4.69, 9.17) is 4.42 Å². The van der Waals surface area contributed by atoms with E-state index < -0.39 is 17.4 Å². The van der Waals surface area contributed by atoms with Crippen LogP contribution < -0.4 is 5.56 Å². The Morgan fingerprint density at radius 1 is 1.35 bits per heavy atom. The van der Waals surface area contributed by atoms with Crippen LogP contribution in [0.1, 0.15) is 66.9 Å². The zero-order chi connectivity index (χ0) is 22.3. The molecular formula is C21H23F3N4O3.